The number of carbonyl (C=O) groups is 1. The fraction of sp³-hybridized carbons (Fsp3) is 0. The molecule has 1 aliphatic rings. The molecule has 1 atom stereocenters. The molecule has 3 nitrogen and oxygen atoms in total. The summed E-state index contributed by atoms with van der Waals surface area (Å²) in [5.74, 6) is -0.383. The standard InChI is InChI=1S/C7H3BrClNO2S/c8-3-1-4(9)6-5(2-3)13(12)10-7(6)11/h1-2H,(H,10,11). The summed E-state index contributed by atoms with van der Waals surface area (Å²) in [6.07, 6.45) is 0. The zero-order chi connectivity index (χ0) is 9.59. The molecule has 0 radical (unpaired) electrons. The lowest BCUT2D eigenvalue weighted by Gasteiger charge is -1.97. The lowest BCUT2D eigenvalue weighted by Crippen LogP contribution is -2.15. The van der Waals surface area contributed by atoms with Gasteiger partial charge < -0.3 is 0 Å². The maximum absolute atomic E-state index is 11.3. The lowest BCUT2D eigenvalue weighted by atomic mass is 10.2. The van der Waals surface area contributed by atoms with Gasteiger partial charge in [-0.3, -0.25) is 9.52 Å². The van der Waals surface area contributed by atoms with Gasteiger partial charge in [-0.05, 0) is 12.1 Å². The first-order chi connectivity index (χ1) is 6.09. The van der Waals surface area contributed by atoms with Crippen LogP contribution < -0.4 is 4.72 Å². The summed E-state index contributed by atoms with van der Waals surface area (Å²) in [6.45, 7) is 0. The van der Waals surface area contributed by atoms with Crippen molar-refractivity contribution < 1.29 is 9.00 Å². The predicted octanol–water partition coefficient (Wildman–Crippen LogP) is 1.87. The van der Waals surface area contributed by atoms with Crippen LogP contribution >= 0.6 is 27.5 Å². The fourth-order valence-corrected chi connectivity index (χ4v) is 3.21. The molecule has 0 spiro atoms. The number of rotatable bonds is 0. The molecule has 1 aromatic carbocycles. The minimum absolute atomic E-state index is 0.309. The second-order valence-electron chi connectivity index (χ2n) is 2.46. The van der Waals surface area contributed by atoms with Gasteiger partial charge >= 0.3 is 0 Å². The highest BCUT2D eigenvalue weighted by molar-refractivity contribution is 9.10. The Bertz CT molecular complexity index is 435. The van der Waals surface area contributed by atoms with Crippen LogP contribution in [0.1, 0.15) is 10.4 Å². The number of halogens is 2. The molecule has 68 valence electrons. The van der Waals surface area contributed by atoms with E-state index < -0.39 is 11.0 Å². The van der Waals surface area contributed by atoms with Crippen molar-refractivity contribution in [2.45, 2.75) is 4.90 Å². The highest BCUT2D eigenvalue weighted by Crippen LogP contribution is 2.30. The third kappa shape index (κ3) is 1.41. The van der Waals surface area contributed by atoms with E-state index in [1.54, 1.807) is 12.1 Å². The van der Waals surface area contributed by atoms with E-state index in [1.807, 2.05) is 0 Å². The fourth-order valence-electron chi connectivity index (χ4n) is 1.11. The van der Waals surface area contributed by atoms with Crippen LogP contribution in [0.2, 0.25) is 5.02 Å². The summed E-state index contributed by atoms with van der Waals surface area (Å²) >= 11 is 9.01. The molecular weight excluding hydrogens is 278 g/mol. The van der Waals surface area contributed by atoms with Gasteiger partial charge in [-0.2, -0.15) is 0 Å². The minimum Gasteiger partial charge on any atom is -0.268 e. The summed E-state index contributed by atoms with van der Waals surface area (Å²) in [7, 11) is -1.46. The maximum Gasteiger partial charge on any atom is 0.266 e. The average Bonchev–Trinajstić information content (AvgIpc) is 2.27. The van der Waals surface area contributed by atoms with Gasteiger partial charge in [0.05, 0.1) is 15.5 Å². The third-order valence-corrected chi connectivity index (χ3v) is 3.48. The molecule has 0 fully saturated rings. The third-order valence-electron chi connectivity index (χ3n) is 1.63. The van der Waals surface area contributed by atoms with E-state index in [0.29, 0.717) is 20.0 Å². The molecule has 0 saturated carbocycles. The van der Waals surface area contributed by atoms with Crippen LogP contribution in [0.5, 0.6) is 0 Å². The van der Waals surface area contributed by atoms with Gasteiger partial charge in [-0.15, -0.1) is 0 Å². The van der Waals surface area contributed by atoms with Gasteiger partial charge in [-0.25, -0.2) is 4.21 Å². The Morgan fingerprint density at radius 3 is 2.85 bits per heavy atom. The largest absolute Gasteiger partial charge is 0.268 e. The van der Waals surface area contributed by atoms with Crippen LogP contribution in [-0.2, 0) is 11.0 Å². The van der Waals surface area contributed by atoms with E-state index in [4.69, 9.17) is 11.6 Å². The average molecular weight is 281 g/mol. The van der Waals surface area contributed by atoms with E-state index in [2.05, 4.69) is 20.7 Å². The number of carbonyl (C=O) groups excluding carboxylic acids is 1. The Labute approximate surface area is 90.2 Å². The van der Waals surface area contributed by atoms with Crippen molar-refractivity contribution in [3.63, 3.8) is 0 Å². The van der Waals surface area contributed by atoms with E-state index in [1.165, 1.54) is 0 Å². The Hall–Kier alpha value is -0.390. The first kappa shape index (κ1) is 9.18. The van der Waals surface area contributed by atoms with Gasteiger partial charge in [0.25, 0.3) is 5.91 Å². The van der Waals surface area contributed by atoms with Crippen molar-refractivity contribution in [1.29, 1.82) is 0 Å². The van der Waals surface area contributed by atoms with E-state index in [9.17, 15) is 9.00 Å². The van der Waals surface area contributed by atoms with Gasteiger partial charge in [-0.1, -0.05) is 27.5 Å². The smallest absolute Gasteiger partial charge is 0.266 e. The summed E-state index contributed by atoms with van der Waals surface area (Å²) in [5.41, 5.74) is 0.309. The minimum atomic E-state index is -1.46. The van der Waals surface area contributed by atoms with Crippen molar-refractivity contribution in [2.24, 2.45) is 0 Å². The summed E-state index contributed by atoms with van der Waals surface area (Å²) in [4.78, 5) is 11.6. The SMILES string of the molecule is O=C1NS(=O)c2cc(Br)cc(Cl)c21. The number of hydrogen-bond donors (Lipinski definition) is 1. The summed E-state index contributed by atoms with van der Waals surface area (Å²) < 4.78 is 14.3. The zero-order valence-corrected chi connectivity index (χ0v) is 9.29. The number of fused-ring (bicyclic) bond motifs is 1. The lowest BCUT2D eigenvalue weighted by molar-refractivity contribution is 0.0986. The van der Waals surface area contributed by atoms with E-state index >= 15 is 0 Å². The first-order valence-electron chi connectivity index (χ1n) is 3.31. The van der Waals surface area contributed by atoms with Crippen LogP contribution in [0.4, 0.5) is 0 Å². The molecule has 1 heterocycles. The second kappa shape index (κ2) is 3.08. The van der Waals surface area contributed by atoms with Gasteiger partial charge in [0, 0.05) is 4.47 Å². The molecule has 0 bridgehead atoms. The Morgan fingerprint density at radius 2 is 2.15 bits per heavy atom. The van der Waals surface area contributed by atoms with Crippen LogP contribution in [0.25, 0.3) is 0 Å². The normalized spacial score (nSPS) is 19.8. The molecule has 6 heteroatoms. The number of benzene rings is 1. The van der Waals surface area contributed by atoms with E-state index in [-0.39, 0.29) is 5.91 Å². The van der Waals surface area contributed by atoms with Crippen LogP contribution in [-0.4, -0.2) is 10.1 Å². The van der Waals surface area contributed by atoms with Gasteiger partial charge in [0.1, 0.15) is 0 Å². The number of amides is 1. The molecule has 1 N–H and O–H groups in total. The van der Waals surface area contributed by atoms with Crippen LogP contribution in [0, 0.1) is 0 Å². The highest BCUT2D eigenvalue weighted by atomic mass is 79.9. The molecule has 0 aromatic heterocycles. The predicted molar refractivity (Wildman–Crippen MR) is 53.0 cm³/mol. The topological polar surface area (TPSA) is 46.2 Å². The second-order valence-corrected chi connectivity index (χ2v) is 4.96. The molecule has 1 aliphatic heterocycles. The molecule has 0 saturated heterocycles. The Morgan fingerprint density at radius 1 is 1.46 bits per heavy atom. The molecule has 13 heavy (non-hydrogen) atoms. The zero-order valence-electron chi connectivity index (χ0n) is 6.14. The van der Waals surface area contributed by atoms with Crippen LogP contribution in [0.15, 0.2) is 21.5 Å². The van der Waals surface area contributed by atoms with Crippen molar-refractivity contribution in [3.8, 4) is 0 Å². The van der Waals surface area contributed by atoms with Crippen LogP contribution in [0.3, 0.4) is 0 Å². The number of hydrogen-bond acceptors (Lipinski definition) is 2. The first-order valence-corrected chi connectivity index (χ1v) is 5.63. The maximum atomic E-state index is 11.3. The summed E-state index contributed by atoms with van der Waals surface area (Å²) in [6, 6.07) is 3.22. The molecule has 1 amide bonds. The van der Waals surface area contributed by atoms with Crippen molar-refractivity contribution in [2.75, 3.05) is 0 Å². The monoisotopic (exact) mass is 279 g/mol. The van der Waals surface area contributed by atoms with Gasteiger partial charge in [0.15, 0.2) is 11.0 Å². The molecule has 0 aliphatic carbocycles. The van der Waals surface area contributed by atoms with Crippen molar-refractivity contribution >= 4 is 44.4 Å². The molecule has 1 aromatic rings. The van der Waals surface area contributed by atoms with Crippen molar-refractivity contribution in [1.82, 2.24) is 4.72 Å². The number of nitrogens with one attached hydrogen (secondary N) is 1. The van der Waals surface area contributed by atoms with Gasteiger partial charge in [0.2, 0.25) is 0 Å². The molecule has 1 unspecified atom stereocenters. The quantitative estimate of drug-likeness (QED) is 0.788. The Kier molecular flexibility index (Phi) is 2.17. The Balaban J connectivity index is 2.77. The van der Waals surface area contributed by atoms with E-state index in [0.717, 1.165) is 0 Å². The summed E-state index contributed by atoms with van der Waals surface area (Å²) in [5, 5.41) is 0.313. The molecule has 2 rings (SSSR count). The highest BCUT2D eigenvalue weighted by Gasteiger charge is 2.28. The molecular formula is C7H3BrClNO2S. The van der Waals surface area contributed by atoms with Crippen molar-refractivity contribution in [3.05, 3.63) is 27.2 Å².